The van der Waals surface area contributed by atoms with Crippen LogP contribution in [0.5, 0.6) is 0 Å². The number of aryl methyl sites for hydroxylation is 1. The first-order chi connectivity index (χ1) is 11.9. The molecule has 0 aliphatic carbocycles. The number of carbonyl (C=O) groups is 1. The minimum absolute atomic E-state index is 0.0180. The monoisotopic (exact) mass is 482 g/mol. The molecule has 1 rings (SSSR count). The summed E-state index contributed by atoms with van der Waals surface area (Å²) in [6.45, 7) is 6.78. The van der Waals surface area contributed by atoms with Crippen LogP contribution >= 0.6 is 28.5 Å². The average Bonchev–Trinajstić information content (AvgIpc) is 2.60. The van der Waals surface area contributed by atoms with Crippen LogP contribution in [-0.2, 0) is 25.2 Å². The molecular weight excluding hydrogens is 454 g/mol. The van der Waals surface area contributed by atoms with Crippen molar-refractivity contribution in [2.45, 2.75) is 51.7 Å². The highest BCUT2D eigenvalue weighted by Gasteiger charge is 2.19. The normalized spacial score (nSPS) is 13.3. The van der Waals surface area contributed by atoms with Gasteiger partial charge in [-0.3, -0.25) is 4.79 Å². The first-order valence-electron chi connectivity index (χ1n) is 8.42. The number of hydrogen-bond donors (Lipinski definition) is 1. The highest BCUT2D eigenvalue weighted by molar-refractivity contribution is 14.2. The maximum Gasteiger partial charge on any atom is 0.306 e. The van der Waals surface area contributed by atoms with E-state index in [4.69, 9.17) is 14.0 Å². The first kappa shape index (κ1) is 22.8. The summed E-state index contributed by atoms with van der Waals surface area (Å²) in [5.74, 6) is -0.172. The van der Waals surface area contributed by atoms with Crippen molar-refractivity contribution in [2.75, 3.05) is 19.8 Å². The van der Waals surface area contributed by atoms with Crippen molar-refractivity contribution in [2.24, 2.45) is 0 Å². The van der Waals surface area contributed by atoms with Gasteiger partial charge in [0.15, 0.2) is 0 Å². The van der Waals surface area contributed by atoms with E-state index in [1.807, 2.05) is 39.0 Å². The van der Waals surface area contributed by atoms with Crippen molar-refractivity contribution >= 4 is 34.5 Å². The second kappa shape index (κ2) is 12.2. The van der Waals surface area contributed by atoms with Crippen molar-refractivity contribution in [3.05, 3.63) is 35.4 Å². The number of benzene rings is 1. The van der Waals surface area contributed by atoms with Crippen molar-refractivity contribution in [1.82, 2.24) is 0 Å². The molecule has 2 unspecified atom stereocenters. The lowest BCUT2D eigenvalue weighted by Crippen LogP contribution is -2.29. The highest BCUT2D eigenvalue weighted by atomic mass is 127. The third kappa shape index (κ3) is 9.29. The van der Waals surface area contributed by atoms with Gasteiger partial charge in [0.1, 0.15) is 0 Å². The van der Waals surface area contributed by atoms with Crippen LogP contribution in [0.25, 0.3) is 0 Å². The summed E-state index contributed by atoms with van der Waals surface area (Å²) in [6.07, 6.45) is 1.68. The Balaban J connectivity index is 2.66. The summed E-state index contributed by atoms with van der Waals surface area (Å²) in [6, 6.07) is 8.11. The molecule has 0 saturated heterocycles. The van der Waals surface area contributed by atoms with Crippen LogP contribution in [0.3, 0.4) is 0 Å². The zero-order valence-electron chi connectivity index (χ0n) is 15.1. The molecule has 0 aliphatic heterocycles. The van der Waals surface area contributed by atoms with E-state index in [1.165, 1.54) is 0 Å². The molecule has 0 aromatic heterocycles. The summed E-state index contributed by atoms with van der Waals surface area (Å²) in [5.41, 5.74) is 1.63. The first-order valence-corrected chi connectivity index (χ1v) is 12.4. The van der Waals surface area contributed by atoms with Gasteiger partial charge in [-0.1, -0.05) is 24.3 Å². The van der Waals surface area contributed by atoms with Crippen LogP contribution in [-0.4, -0.2) is 36.5 Å². The SMILES string of the molecule is CCOC(=O)CCc1cccc(C(CCOC(C)(C)CO)OPI)c1. The number of aliphatic hydroxyl groups excluding tert-OH is 1. The molecule has 25 heavy (non-hydrogen) atoms. The molecular formula is C18H28IO5P. The fourth-order valence-corrected chi connectivity index (χ4v) is 3.55. The molecule has 7 heteroatoms. The molecule has 0 heterocycles. The van der Waals surface area contributed by atoms with Crippen molar-refractivity contribution < 1.29 is 23.9 Å². The van der Waals surface area contributed by atoms with Crippen LogP contribution < -0.4 is 0 Å². The van der Waals surface area contributed by atoms with Crippen LogP contribution in [0.2, 0.25) is 0 Å². The van der Waals surface area contributed by atoms with E-state index >= 15 is 0 Å². The smallest absolute Gasteiger partial charge is 0.306 e. The number of esters is 1. The van der Waals surface area contributed by atoms with Crippen molar-refractivity contribution in [3.63, 3.8) is 0 Å². The Labute approximate surface area is 165 Å². The fraction of sp³-hybridized carbons (Fsp3) is 0.611. The van der Waals surface area contributed by atoms with E-state index in [0.717, 1.165) is 11.1 Å². The molecule has 0 spiro atoms. The fourth-order valence-electron chi connectivity index (χ4n) is 2.26. The lowest BCUT2D eigenvalue weighted by molar-refractivity contribution is -0.143. The molecule has 5 nitrogen and oxygen atoms in total. The van der Waals surface area contributed by atoms with E-state index in [2.05, 4.69) is 28.1 Å². The molecule has 142 valence electrons. The number of aliphatic hydroxyl groups is 1. The number of ether oxygens (including phenoxy) is 2. The molecule has 0 bridgehead atoms. The van der Waals surface area contributed by atoms with Gasteiger partial charge in [0.2, 0.25) is 0 Å². The van der Waals surface area contributed by atoms with Gasteiger partial charge < -0.3 is 19.1 Å². The van der Waals surface area contributed by atoms with Gasteiger partial charge in [-0.15, -0.1) is 0 Å². The second-order valence-corrected chi connectivity index (χ2v) is 8.00. The lowest BCUT2D eigenvalue weighted by atomic mass is 10.0. The van der Waals surface area contributed by atoms with Gasteiger partial charge in [-0.2, -0.15) is 0 Å². The Kier molecular flexibility index (Phi) is 11.1. The van der Waals surface area contributed by atoms with Gasteiger partial charge in [0.25, 0.3) is 0 Å². The summed E-state index contributed by atoms with van der Waals surface area (Å²) in [4.78, 5) is 11.5. The van der Waals surface area contributed by atoms with Crippen LogP contribution in [0.1, 0.15) is 50.8 Å². The Morgan fingerprint density at radius 3 is 2.80 bits per heavy atom. The largest absolute Gasteiger partial charge is 0.466 e. The molecule has 1 aromatic rings. The third-order valence-electron chi connectivity index (χ3n) is 3.69. The summed E-state index contributed by atoms with van der Waals surface area (Å²) >= 11 is 2.21. The number of hydrogen-bond acceptors (Lipinski definition) is 5. The van der Waals surface area contributed by atoms with E-state index in [1.54, 1.807) is 0 Å². The molecule has 0 amide bonds. The standard InChI is InChI=1S/C18H28IO5P/c1-4-22-17(21)9-8-14-6-5-7-15(12-14)16(24-25-19)10-11-23-18(2,3)13-20/h5-7,12,16,20,25H,4,8-11,13H2,1-3H3. The van der Waals surface area contributed by atoms with Gasteiger partial charge in [0, 0.05) is 12.8 Å². The second-order valence-electron chi connectivity index (χ2n) is 6.29. The minimum Gasteiger partial charge on any atom is -0.466 e. The van der Waals surface area contributed by atoms with E-state index in [9.17, 15) is 9.90 Å². The van der Waals surface area contributed by atoms with E-state index < -0.39 is 5.60 Å². The molecule has 0 aliphatic rings. The predicted octanol–water partition coefficient (Wildman–Crippen LogP) is 4.36. The molecule has 1 aromatic carbocycles. The van der Waals surface area contributed by atoms with Gasteiger partial charge >= 0.3 is 5.97 Å². The lowest BCUT2D eigenvalue weighted by Gasteiger charge is -2.24. The van der Waals surface area contributed by atoms with E-state index in [-0.39, 0.29) is 18.7 Å². The quantitative estimate of drug-likeness (QED) is 0.273. The Bertz CT molecular complexity index is 524. The van der Waals surface area contributed by atoms with E-state index in [0.29, 0.717) is 38.9 Å². The molecule has 0 fully saturated rings. The number of carbonyl (C=O) groups excluding carboxylic acids is 1. The number of halogens is 1. The van der Waals surface area contributed by atoms with Crippen LogP contribution in [0.4, 0.5) is 0 Å². The van der Waals surface area contributed by atoms with Gasteiger partial charge in [-0.25, -0.2) is 0 Å². The van der Waals surface area contributed by atoms with Gasteiger partial charge in [0.05, 0.1) is 38.0 Å². The topological polar surface area (TPSA) is 65.0 Å². The average molecular weight is 482 g/mol. The molecule has 1 N–H and O–H groups in total. The zero-order valence-corrected chi connectivity index (χ0v) is 18.2. The third-order valence-corrected chi connectivity index (χ3v) is 4.82. The number of rotatable bonds is 12. The van der Waals surface area contributed by atoms with Gasteiger partial charge in [-0.05, 0) is 60.4 Å². The van der Waals surface area contributed by atoms with Crippen molar-refractivity contribution in [3.8, 4) is 0 Å². The maximum atomic E-state index is 11.5. The van der Waals surface area contributed by atoms with Crippen LogP contribution in [0, 0.1) is 0 Å². The minimum atomic E-state index is -0.543. The Hall–Kier alpha value is -0.270. The molecule has 2 atom stereocenters. The predicted molar refractivity (Wildman–Crippen MR) is 109 cm³/mol. The van der Waals surface area contributed by atoms with Crippen molar-refractivity contribution in [1.29, 1.82) is 0 Å². The Morgan fingerprint density at radius 2 is 2.16 bits per heavy atom. The zero-order chi connectivity index (χ0) is 18.7. The summed E-state index contributed by atoms with van der Waals surface area (Å²) in [5, 5.41) is 9.26. The maximum absolute atomic E-state index is 11.5. The summed E-state index contributed by atoms with van der Waals surface area (Å²) < 4.78 is 16.6. The summed E-state index contributed by atoms with van der Waals surface area (Å²) in [7, 11) is 0. The van der Waals surface area contributed by atoms with Crippen LogP contribution in [0.15, 0.2) is 24.3 Å². The Morgan fingerprint density at radius 1 is 1.40 bits per heavy atom. The highest BCUT2D eigenvalue weighted by Crippen LogP contribution is 2.34. The molecule has 0 radical (unpaired) electrons. The molecule has 0 saturated carbocycles.